The fraction of sp³-hybridized carbons (Fsp3) is 0.684. The van der Waals surface area contributed by atoms with Crippen molar-refractivity contribution < 1.29 is 0 Å². The van der Waals surface area contributed by atoms with E-state index in [-0.39, 0.29) is 0 Å². The van der Waals surface area contributed by atoms with E-state index < -0.39 is 0 Å². The van der Waals surface area contributed by atoms with E-state index in [1.54, 1.807) is 0 Å². The first-order valence-electron chi connectivity index (χ1n) is 8.49. The predicted molar refractivity (Wildman–Crippen MR) is 88.0 cm³/mol. The monoisotopic (exact) mass is 273 g/mol. The molecule has 3 atom stereocenters. The first-order chi connectivity index (χ1) is 9.72. The van der Waals surface area contributed by atoms with Crippen LogP contribution in [0.25, 0.3) is 0 Å². The van der Waals surface area contributed by atoms with Crippen molar-refractivity contribution in [3.63, 3.8) is 0 Å². The molecule has 1 aromatic rings. The first kappa shape index (κ1) is 15.6. The van der Waals surface area contributed by atoms with Crippen LogP contribution < -0.4 is 5.32 Å². The van der Waals surface area contributed by atoms with E-state index in [0.717, 1.165) is 24.3 Å². The van der Waals surface area contributed by atoms with Crippen LogP contribution in [-0.4, -0.2) is 13.1 Å². The summed E-state index contributed by atoms with van der Waals surface area (Å²) in [4.78, 5) is 0. The Hall–Kier alpha value is -0.820. The standard InChI is InChI=1S/C19H31N/c1-4-16-10-11-18(14-20-5-2)19(12-16)13-17-8-6-15(3)7-9-17/h6-9,16,18-20H,4-5,10-14H2,1-3H3. The van der Waals surface area contributed by atoms with Crippen molar-refractivity contribution in [2.45, 2.75) is 52.9 Å². The summed E-state index contributed by atoms with van der Waals surface area (Å²) >= 11 is 0. The third-order valence-corrected chi connectivity index (χ3v) is 5.10. The predicted octanol–water partition coefficient (Wildman–Crippen LogP) is 4.59. The second-order valence-electron chi connectivity index (χ2n) is 6.60. The lowest BCUT2D eigenvalue weighted by atomic mass is 9.71. The van der Waals surface area contributed by atoms with Crippen molar-refractivity contribution in [1.29, 1.82) is 0 Å². The zero-order chi connectivity index (χ0) is 14.4. The summed E-state index contributed by atoms with van der Waals surface area (Å²) in [6.07, 6.45) is 6.92. The Morgan fingerprint density at radius 1 is 1.05 bits per heavy atom. The maximum atomic E-state index is 3.58. The van der Waals surface area contributed by atoms with Crippen LogP contribution in [0.3, 0.4) is 0 Å². The SMILES string of the molecule is CCNCC1CCC(CC)CC1Cc1ccc(C)cc1. The van der Waals surface area contributed by atoms with Gasteiger partial charge in [0.25, 0.3) is 0 Å². The lowest BCUT2D eigenvalue weighted by Crippen LogP contribution is -2.34. The summed E-state index contributed by atoms with van der Waals surface area (Å²) in [6, 6.07) is 9.17. The molecule has 2 rings (SSSR count). The van der Waals surface area contributed by atoms with Crippen LogP contribution >= 0.6 is 0 Å². The zero-order valence-corrected chi connectivity index (χ0v) is 13.5. The molecular weight excluding hydrogens is 242 g/mol. The van der Waals surface area contributed by atoms with Crippen molar-refractivity contribution in [3.8, 4) is 0 Å². The minimum atomic E-state index is 0.871. The van der Waals surface area contributed by atoms with Gasteiger partial charge in [0.15, 0.2) is 0 Å². The van der Waals surface area contributed by atoms with Gasteiger partial charge in [-0.25, -0.2) is 0 Å². The van der Waals surface area contributed by atoms with Crippen molar-refractivity contribution in [3.05, 3.63) is 35.4 Å². The van der Waals surface area contributed by atoms with Gasteiger partial charge in [-0.1, -0.05) is 56.5 Å². The molecule has 1 saturated carbocycles. The summed E-state index contributed by atoms with van der Waals surface area (Å²) in [5.41, 5.74) is 2.90. The Balaban J connectivity index is 2.00. The average Bonchev–Trinajstić information content (AvgIpc) is 2.48. The van der Waals surface area contributed by atoms with E-state index >= 15 is 0 Å². The molecule has 1 aliphatic rings. The highest BCUT2D eigenvalue weighted by Gasteiger charge is 2.29. The van der Waals surface area contributed by atoms with E-state index in [9.17, 15) is 0 Å². The van der Waals surface area contributed by atoms with E-state index in [0.29, 0.717) is 0 Å². The molecule has 1 fully saturated rings. The van der Waals surface area contributed by atoms with Crippen molar-refractivity contribution >= 4 is 0 Å². The molecule has 0 aromatic heterocycles. The lowest BCUT2D eigenvalue weighted by Gasteiger charge is -2.36. The van der Waals surface area contributed by atoms with Gasteiger partial charge in [-0.3, -0.25) is 0 Å². The molecule has 0 spiro atoms. The van der Waals surface area contributed by atoms with Crippen molar-refractivity contribution in [1.82, 2.24) is 5.32 Å². The van der Waals surface area contributed by atoms with Gasteiger partial charge in [0.05, 0.1) is 0 Å². The molecule has 112 valence electrons. The molecule has 1 nitrogen and oxygen atoms in total. The van der Waals surface area contributed by atoms with E-state index in [4.69, 9.17) is 0 Å². The Morgan fingerprint density at radius 3 is 2.45 bits per heavy atom. The number of benzene rings is 1. The summed E-state index contributed by atoms with van der Waals surface area (Å²) in [7, 11) is 0. The maximum absolute atomic E-state index is 3.58. The number of nitrogens with one attached hydrogen (secondary N) is 1. The molecule has 1 heteroatoms. The number of hydrogen-bond donors (Lipinski definition) is 1. The van der Waals surface area contributed by atoms with Gasteiger partial charge in [-0.15, -0.1) is 0 Å². The van der Waals surface area contributed by atoms with Gasteiger partial charge in [0, 0.05) is 0 Å². The smallest absolute Gasteiger partial charge is 0.00179 e. The van der Waals surface area contributed by atoms with Gasteiger partial charge in [0.2, 0.25) is 0 Å². The number of rotatable bonds is 6. The Bertz CT molecular complexity index is 381. The molecule has 1 aromatic carbocycles. The van der Waals surface area contributed by atoms with Crippen LogP contribution in [0.4, 0.5) is 0 Å². The Kier molecular flexibility index (Phi) is 6.09. The van der Waals surface area contributed by atoms with Gasteiger partial charge in [-0.05, 0) is 62.6 Å². The van der Waals surface area contributed by atoms with Crippen LogP contribution in [0.15, 0.2) is 24.3 Å². The van der Waals surface area contributed by atoms with Crippen LogP contribution in [0.2, 0.25) is 0 Å². The molecule has 0 bridgehead atoms. The topological polar surface area (TPSA) is 12.0 Å². The second-order valence-corrected chi connectivity index (χ2v) is 6.60. The highest BCUT2D eigenvalue weighted by molar-refractivity contribution is 5.21. The average molecular weight is 273 g/mol. The minimum Gasteiger partial charge on any atom is -0.317 e. The molecule has 0 radical (unpaired) electrons. The molecule has 0 saturated heterocycles. The third kappa shape index (κ3) is 4.34. The van der Waals surface area contributed by atoms with Crippen LogP contribution in [-0.2, 0) is 6.42 Å². The molecular formula is C19H31N. The quantitative estimate of drug-likeness (QED) is 0.799. The van der Waals surface area contributed by atoms with E-state index in [1.165, 1.54) is 49.8 Å². The third-order valence-electron chi connectivity index (χ3n) is 5.10. The molecule has 0 aliphatic heterocycles. The Labute approximate surface area is 125 Å². The fourth-order valence-corrected chi connectivity index (χ4v) is 3.67. The normalized spacial score (nSPS) is 26.6. The van der Waals surface area contributed by atoms with Crippen LogP contribution in [0.5, 0.6) is 0 Å². The molecule has 3 unspecified atom stereocenters. The molecule has 1 N–H and O–H groups in total. The van der Waals surface area contributed by atoms with Gasteiger partial charge in [-0.2, -0.15) is 0 Å². The summed E-state index contributed by atoms with van der Waals surface area (Å²) in [5, 5.41) is 3.58. The summed E-state index contributed by atoms with van der Waals surface area (Å²) < 4.78 is 0. The van der Waals surface area contributed by atoms with Gasteiger partial charge >= 0.3 is 0 Å². The lowest BCUT2D eigenvalue weighted by molar-refractivity contribution is 0.172. The largest absolute Gasteiger partial charge is 0.317 e. The zero-order valence-electron chi connectivity index (χ0n) is 13.5. The fourth-order valence-electron chi connectivity index (χ4n) is 3.67. The molecule has 1 aliphatic carbocycles. The van der Waals surface area contributed by atoms with Crippen molar-refractivity contribution in [2.75, 3.05) is 13.1 Å². The molecule has 20 heavy (non-hydrogen) atoms. The highest BCUT2D eigenvalue weighted by Crippen LogP contribution is 2.37. The van der Waals surface area contributed by atoms with Crippen molar-refractivity contribution in [2.24, 2.45) is 17.8 Å². The van der Waals surface area contributed by atoms with Crippen LogP contribution in [0.1, 0.15) is 50.7 Å². The number of hydrogen-bond acceptors (Lipinski definition) is 1. The summed E-state index contributed by atoms with van der Waals surface area (Å²) in [5.74, 6) is 2.71. The van der Waals surface area contributed by atoms with E-state index in [1.807, 2.05) is 0 Å². The van der Waals surface area contributed by atoms with Crippen LogP contribution in [0, 0.1) is 24.7 Å². The summed E-state index contributed by atoms with van der Waals surface area (Å²) in [6.45, 7) is 9.06. The van der Waals surface area contributed by atoms with Gasteiger partial charge in [0.1, 0.15) is 0 Å². The highest BCUT2D eigenvalue weighted by atomic mass is 14.8. The van der Waals surface area contributed by atoms with E-state index in [2.05, 4.69) is 50.4 Å². The Morgan fingerprint density at radius 2 is 1.80 bits per heavy atom. The molecule has 0 amide bonds. The second kappa shape index (κ2) is 7.83. The maximum Gasteiger partial charge on any atom is -0.00179 e. The van der Waals surface area contributed by atoms with Gasteiger partial charge < -0.3 is 5.32 Å². The minimum absolute atomic E-state index is 0.871. The number of aryl methyl sites for hydroxylation is 1. The molecule has 0 heterocycles. The first-order valence-corrected chi connectivity index (χ1v) is 8.49.